The molecule has 0 bridgehead atoms. The van der Waals surface area contributed by atoms with Crippen LogP contribution in [0.25, 0.3) is 0 Å². The monoisotopic (exact) mass is 396 g/mol. The highest BCUT2D eigenvalue weighted by Gasteiger charge is 2.41. The number of nitrogen functional groups attached to an aromatic ring is 1. The smallest absolute Gasteiger partial charge is 0.422 e. The van der Waals surface area contributed by atoms with Crippen LogP contribution >= 0.6 is 0 Å². The number of hydrogen-bond donors (Lipinski definition) is 1. The number of halogens is 4. The average Bonchev–Trinajstić information content (AvgIpc) is 2.64. The van der Waals surface area contributed by atoms with Gasteiger partial charge in [-0.05, 0) is 48.9 Å². The first-order chi connectivity index (χ1) is 13.2. The van der Waals surface area contributed by atoms with Crippen LogP contribution in [0.5, 0.6) is 11.5 Å². The zero-order valence-electron chi connectivity index (χ0n) is 15.9. The normalized spacial score (nSPS) is 17.8. The summed E-state index contributed by atoms with van der Waals surface area (Å²) in [7, 11) is 0. The largest absolute Gasteiger partial charge is 0.454 e. The molecule has 2 aromatic rings. The van der Waals surface area contributed by atoms with E-state index in [0.29, 0.717) is 19.0 Å². The van der Waals surface area contributed by atoms with Crippen molar-refractivity contribution in [1.82, 2.24) is 0 Å². The van der Waals surface area contributed by atoms with Crippen molar-refractivity contribution in [3.63, 3.8) is 0 Å². The van der Waals surface area contributed by atoms with E-state index in [1.807, 2.05) is 0 Å². The maximum absolute atomic E-state index is 14.0. The van der Waals surface area contributed by atoms with Crippen molar-refractivity contribution in [2.45, 2.75) is 32.9 Å². The molecule has 7 heteroatoms. The van der Waals surface area contributed by atoms with E-state index in [0.717, 1.165) is 25.0 Å². The number of para-hydroxylation sites is 1. The van der Waals surface area contributed by atoms with Gasteiger partial charge in [0.1, 0.15) is 11.3 Å². The molecule has 1 saturated heterocycles. The predicted octanol–water partition coefficient (Wildman–Crippen LogP) is 6.09. The molecule has 152 valence electrons. The van der Waals surface area contributed by atoms with Crippen LogP contribution in [-0.4, -0.2) is 13.1 Å². The van der Waals surface area contributed by atoms with Crippen LogP contribution < -0.4 is 15.4 Å². The van der Waals surface area contributed by atoms with Gasteiger partial charge in [0.2, 0.25) is 0 Å². The molecule has 1 aliphatic heterocycles. The highest BCUT2D eigenvalue weighted by atomic mass is 19.4. The topological polar surface area (TPSA) is 38.5 Å². The van der Waals surface area contributed by atoms with Crippen molar-refractivity contribution < 1.29 is 22.3 Å². The van der Waals surface area contributed by atoms with E-state index in [1.54, 1.807) is 4.90 Å². The minimum absolute atomic E-state index is 0.0395. The third-order valence-electron chi connectivity index (χ3n) is 5.23. The fourth-order valence-corrected chi connectivity index (χ4v) is 3.69. The summed E-state index contributed by atoms with van der Waals surface area (Å²) >= 11 is 0. The van der Waals surface area contributed by atoms with Gasteiger partial charge in [-0.2, -0.15) is 13.2 Å². The molecule has 0 saturated carbocycles. The Morgan fingerprint density at radius 2 is 1.82 bits per heavy atom. The second-order valence-corrected chi connectivity index (χ2v) is 7.50. The molecule has 3 nitrogen and oxygen atoms in total. The Labute approximate surface area is 162 Å². The number of nitrogens with zero attached hydrogens (tertiary/aromatic N) is 1. The van der Waals surface area contributed by atoms with Gasteiger partial charge in [0.05, 0.1) is 11.4 Å². The zero-order valence-corrected chi connectivity index (χ0v) is 15.9. The Balaban J connectivity index is 2.08. The summed E-state index contributed by atoms with van der Waals surface area (Å²) in [6.07, 6.45) is -2.94. The van der Waals surface area contributed by atoms with Crippen LogP contribution in [0.4, 0.5) is 28.9 Å². The minimum atomic E-state index is -4.70. The Bertz CT molecular complexity index is 836. The number of piperidine rings is 1. The van der Waals surface area contributed by atoms with Crippen LogP contribution in [0, 0.1) is 17.7 Å². The fraction of sp³-hybridized carbons (Fsp3) is 0.429. The number of benzene rings is 2. The van der Waals surface area contributed by atoms with Crippen molar-refractivity contribution in [2.75, 3.05) is 23.7 Å². The lowest BCUT2D eigenvalue weighted by Gasteiger charge is -2.38. The fourth-order valence-electron chi connectivity index (χ4n) is 3.69. The molecule has 0 aromatic heterocycles. The second-order valence-electron chi connectivity index (χ2n) is 7.50. The summed E-state index contributed by atoms with van der Waals surface area (Å²) in [5, 5.41) is 0. The third-order valence-corrected chi connectivity index (χ3v) is 5.23. The molecule has 0 spiro atoms. The van der Waals surface area contributed by atoms with Crippen LogP contribution in [0.1, 0.15) is 32.3 Å². The van der Waals surface area contributed by atoms with E-state index in [4.69, 9.17) is 10.5 Å². The summed E-state index contributed by atoms with van der Waals surface area (Å²) in [4.78, 5) is 1.69. The van der Waals surface area contributed by atoms with Crippen LogP contribution in [0.2, 0.25) is 0 Å². The molecule has 1 fully saturated rings. The first-order valence-electron chi connectivity index (χ1n) is 9.35. The van der Waals surface area contributed by atoms with E-state index in [-0.39, 0.29) is 23.0 Å². The van der Waals surface area contributed by atoms with Crippen molar-refractivity contribution in [3.8, 4) is 11.5 Å². The molecular formula is C21H24F4N2O. The number of rotatable bonds is 4. The quantitative estimate of drug-likeness (QED) is 0.502. The molecule has 0 radical (unpaired) electrons. The van der Waals surface area contributed by atoms with E-state index in [9.17, 15) is 17.6 Å². The SMILES string of the molecule is CC(C)C1CCCN(c2c(N)ccc(Oc3ccccc3F)c2C(F)(F)F)C1. The average molecular weight is 396 g/mol. The van der Waals surface area contributed by atoms with Gasteiger partial charge in [0.15, 0.2) is 11.6 Å². The van der Waals surface area contributed by atoms with Gasteiger partial charge in [-0.1, -0.05) is 26.0 Å². The molecule has 1 heterocycles. The lowest BCUT2D eigenvalue weighted by molar-refractivity contribution is -0.138. The summed E-state index contributed by atoms with van der Waals surface area (Å²) in [5.74, 6) is -0.802. The number of anilines is 2. The van der Waals surface area contributed by atoms with Gasteiger partial charge in [-0.15, -0.1) is 0 Å². The number of hydrogen-bond acceptors (Lipinski definition) is 3. The van der Waals surface area contributed by atoms with Crippen molar-refractivity contribution in [3.05, 3.63) is 47.8 Å². The molecule has 2 aromatic carbocycles. The zero-order chi connectivity index (χ0) is 20.5. The van der Waals surface area contributed by atoms with Gasteiger partial charge in [0, 0.05) is 13.1 Å². The molecule has 1 unspecified atom stereocenters. The first-order valence-corrected chi connectivity index (χ1v) is 9.35. The minimum Gasteiger partial charge on any atom is -0.454 e. The third kappa shape index (κ3) is 4.18. The highest BCUT2D eigenvalue weighted by Crippen LogP contribution is 2.48. The Kier molecular flexibility index (Phi) is 5.72. The first kappa shape index (κ1) is 20.3. The highest BCUT2D eigenvalue weighted by molar-refractivity contribution is 5.76. The summed E-state index contributed by atoms with van der Waals surface area (Å²) < 4.78 is 61.4. The summed E-state index contributed by atoms with van der Waals surface area (Å²) in [6, 6.07) is 7.92. The van der Waals surface area contributed by atoms with Crippen LogP contribution in [0.3, 0.4) is 0 Å². The number of ether oxygens (including phenoxy) is 1. The Morgan fingerprint density at radius 1 is 1.11 bits per heavy atom. The molecule has 3 rings (SSSR count). The van der Waals surface area contributed by atoms with E-state index >= 15 is 0 Å². The lowest BCUT2D eigenvalue weighted by Crippen LogP contribution is -2.39. The standard InChI is InChI=1S/C21H24F4N2O/c1-13(2)14-6-5-11-27(12-14)20-16(26)9-10-18(19(20)21(23,24)25)28-17-8-4-3-7-15(17)22/h3-4,7-10,13-14H,5-6,11-12,26H2,1-2H3. The maximum Gasteiger partial charge on any atom is 0.422 e. The molecular weight excluding hydrogens is 372 g/mol. The molecule has 2 N–H and O–H groups in total. The summed E-state index contributed by atoms with van der Waals surface area (Å²) in [6.45, 7) is 5.12. The van der Waals surface area contributed by atoms with Gasteiger partial charge in [-0.3, -0.25) is 0 Å². The predicted molar refractivity (Wildman–Crippen MR) is 102 cm³/mol. The second kappa shape index (κ2) is 7.89. The van der Waals surface area contributed by atoms with Gasteiger partial charge >= 0.3 is 6.18 Å². The van der Waals surface area contributed by atoms with Crippen LogP contribution in [-0.2, 0) is 6.18 Å². The van der Waals surface area contributed by atoms with Crippen molar-refractivity contribution in [2.24, 2.45) is 11.8 Å². The van der Waals surface area contributed by atoms with Gasteiger partial charge < -0.3 is 15.4 Å². The van der Waals surface area contributed by atoms with Gasteiger partial charge in [-0.25, -0.2) is 4.39 Å². The van der Waals surface area contributed by atoms with E-state index in [2.05, 4.69) is 13.8 Å². The van der Waals surface area contributed by atoms with Gasteiger partial charge in [0.25, 0.3) is 0 Å². The molecule has 0 amide bonds. The van der Waals surface area contributed by atoms with Crippen LogP contribution in [0.15, 0.2) is 36.4 Å². The van der Waals surface area contributed by atoms with E-state index < -0.39 is 23.3 Å². The lowest BCUT2D eigenvalue weighted by atomic mass is 9.87. The van der Waals surface area contributed by atoms with Crippen molar-refractivity contribution >= 4 is 11.4 Å². The molecule has 1 atom stereocenters. The number of alkyl halides is 3. The Hall–Kier alpha value is -2.44. The number of nitrogens with two attached hydrogens (primary N) is 1. The summed E-state index contributed by atoms with van der Waals surface area (Å²) in [5.41, 5.74) is 5.00. The van der Waals surface area contributed by atoms with Crippen molar-refractivity contribution in [1.29, 1.82) is 0 Å². The van der Waals surface area contributed by atoms with E-state index in [1.165, 1.54) is 24.3 Å². The molecule has 0 aliphatic carbocycles. The maximum atomic E-state index is 14.0. The Morgan fingerprint density at radius 3 is 2.46 bits per heavy atom. The molecule has 1 aliphatic rings. The molecule has 28 heavy (non-hydrogen) atoms.